The predicted octanol–water partition coefficient (Wildman–Crippen LogP) is 8.16. The Morgan fingerprint density at radius 1 is 0.867 bits per heavy atom. The second kappa shape index (κ2) is 11.1. The van der Waals surface area contributed by atoms with Crippen molar-refractivity contribution in [2.24, 2.45) is 0 Å². The Hall–Kier alpha value is -2.42. The molecule has 2 aromatic carbocycles. The Morgan fingerprint density at radius 2 is 1.53 bits per heavy atom. The summed E-state index contributed by atoms with van der Waals surface area (Å²) in [6.07, 6.45) is 14.5. The first-order valence-electron chi connectivity index (χ1n) is 11.2. The van der Waals surface area contributed by atoms with Gasteiger partial charge in [0.2, 0.25) is 0 Å². The fourth-order valence-corrected chi connectivity index (χ4v) is 3.93. The first kappa shape index (κ1) is 22.3. The Bertz CT molecular complexity index is 836. The van der Waals surface area contributed by atoms with Crippen molar-refractivity contribution in [1.29, 1.82) is 0 Å². The number of halogens is 2. The molecular weight excluding hydrogens is 378 g/mol. The number of alkyl halides is 1. The third-order valence-corrected chi connectivity index (χ3v) is 5.71. The Balaban J connectivity index is 1.57. The van der Waals surface area contributed by atoms with Crippen molar-refractivity contribution in [2.45, 2.75) is 64.0 Å². The van der Waals surface area contributed by atoms with Crippen LogP contribution >= 0.6 is 0 Å². The summed E-state index contributed by atoms with van der Waals surface area (Å²) >= 11 is 0. The molecule has 0 saturated carbocycles. The highest BCUT2D eigenvalue weighted by atomic mass is 19.1. The molecule has 1 aliphatic carbocycles. The molecule has 160 valence electrons. The highest BCUT2D eigenvalue weighted by molar-refractivity contribution is 5.76. The maximum absolute atomic E-state index is 16.1. The summed E-state index contributed by atoms with van der Waals surface area (Å²) in [4.78, 5) is 0. The molecule has 1 unspecified atom stereocenters. The van der Waals surface area contributed by atoms with E-state index in [-0.39, 0.29) is 12.2 Å². The summed E-state index contributed by atoms with van der Waals surface area (Å²) in [6, 6.07) is 13.3. The van der Waals surface area contributed by atoms with Crippen LogP contribution < -0.4 is 4.74 Å². The Labute approximate surface area is 179 Å². The van der Waals surface area contributed by atoms with Crippen LogP contribution in [0.1, 0.15) is 69.4 Å². The normalized spacial score (nSPS) is 18.3. The van der Waals surface area contributed by atoms with Crippen molar-refractivity contribution in [3.05, 3.63) is 83.7 Å². The monoisotopic (exact) mass is 410 g/mol. The number of ether oxygens (including phenoxy) is 1. The maximum atomic E-state index is 16.1. The molecule has 0 heterocycles. The fraction of sp³-hybridized carbons (Fsp3) is 0.407. The lowest BCUT2D eigenvalue weighted by molar-refractivity contribution is 0.249. The van der Waals surface area contributed by atoms with E-state index in [2.05, 4.69) is 6.92 Å². The van der Waals surface area contributed by atoms with Crippen molar-refractivity contribution in [1.82, 2.24) is 0 Å². The Kier molecular flexibility index (Phi) is 8.24. The molecule has 0 amide bonds. The number of allylic oxidation sites excluding steroid dienone is 4. The van der Waals surface area contributed by atoms with Crippen LogP contribution in [0.4, 0.5) is 8.78 Å². The van der Waals surface area contributed by atoms with E-state index < -0.39 is 5.67 Å². The van der Waals surface area contributed by atoms with Gasteiger partial charge in [0, 0.05) is 12.0 Å². The van der Waals surface area contributed by atoms with Crippen LogP contribution in [0.3, 0.4) is 0 Å². The van der Waals surface area contributed by atoms with Gasteiger partial charge in [0.1, 0.15) is 11.6 Å². The van der Waals surface area contributed by atoms with Crippen LogP contribution in [-0.2, 0) is 5.67 Å². The van der Waals surface area contributed by atoms with Gasteiger partial charge in [-0.1, -0.05) is 87.9 Å². The van der Waals surface area contributed by atoms with E-state index in [9.17, 15) is 4.39 Å². The minimum absolute atomic E-state index is 0.258. The predicted molar refractivity (Wildman–Crippen MR) is 121 cm³/mol. The average molecular weight is 411 g/mol. The van der Waals surface area contributed by atoms with Gasteiger partial charge in [0.25, 0.3) is 0 Å². The smallest absolute Gasteiger partial charge is 0.165 e. The van der Waals surface area contributed by atoms with Gasteiger partial charge in [-0.05, 0) is 41.8 Å². The van der Waals surface area contributed by atoms with Crippen molar-refractivity contribution in [2.75, 3.05) is 6.61 Å². The molecule has 3 rings (SSSR count). The number of rotatable bonds is 11. The highest BCUT2D eigenvalue weighted by Gasteiger charge is 2.37. The molecule has 0 aromatic heterocycles. The van der Waals surface area contributed by atoms with E-state index in [1.54, 1.807) is 30.3 Å². The molecule has 0 aliphatic heterocycles. The minimum atomic E-state index is -1.64. The maximum Gasteiger partial charge on any atom is 0.165 e. The zero-order valence-electron chi connectivity index (χ0n) is 17.9. The minimum Gasteiger partial charge on any atom is -0.494 e. The SMILES string of the molecule is CCCCCCCCCOc1ccc(C2(F)CC=CC=C2c2ccc(F)cc2)cc1. The van der Waals surface area contributed by atoms with Crippen LogP contribution in [0.15, 0.2) is 66.8 Å². The second-order valence-electron chi connectivity index (χ2n) is 8.01. The molecule has 2 aromatic rings. The van der Waals surface area contributed by atoms with E-state index >= 15 is 4.39 Å². The molecule has 0 N–H and O–H groups in total. The molecule has 1 nitrogen and oxygen atoms in total. The number of hydrogen-bond donors (Lipinski definition) is 0. The van der Waals surface area contributed by atoms with Crippen molar-refractivity contribution in [3.8, 4) is 5.75 Å². The topological polar surface area (TPSA) is 9.23 Å². The summed E-state index contributed by atoms with van der Waals surface area (Å²) in [5, 5.41) is 0. The summed E-state index contributed by atoms with van der Waals surface area (Å²) in [7, 11) is 0. The molecule has 1 atom stereocenters. The van der Waals surface area contributed by atoms with Crippen LogP contribution in [0.25, 0.3) is 5.57 Å². The molecule has 0 bridgehead atoms. The number of unbranched alkanes of at least 4 members (excludes halogenated alkanes) is 6. The summed E-state index contributed by atoms with van der Waals surface area (Å²) in [6.45, 7) is 2.92. The lowest BCUT2D eigenvalue weighted by Gasteiger charge is -2.30. The van der Waals surface area contributed by atoms with Gasteiger partial charge >= 0.3 is 0 Å². The largest absolute Gasteiger partial charge is 0.494 e. The van der Waals surface area contributed by atoms with Gasteiger partial charge in [-0.15, -0.1) is 0 Å². The number of benzene rings is 2. The lowest BCUT2D eigenvalue weighted by Crippen LogP contribution is -2.23. The summed E-state index contributed by atoms with van der Waals surface area (Å²) in [5.41, 5.74) is 0.207. The number of hydrogen-bond acceptors (Lipinski definition) is 1. The van der Waals surface area contributed by atoms with Gasteiger partial charge in [0.15, 0.2) is 5.67 Å². The third kappa shape index (κ3) is 5.81. The van der Waals surface area contributed by atoms with Crippen LogP contribution in [0.2, 0.25) is 0 Å². The van der Waals surface area contributed by atoms with E-state index in [4.69, 9.17) is 4.74 Å². The van der Waals surface area contributed by atoms with Gasteiger partial charge in [-0.25, -0.2) is 8.78 Å². The molecular formula is C27H32F2O. The van der Waals surface area contributed by atoms with E-state index in [1.165, 1.54) is 50.7 Å². The molecule has 0 spiro atoms. The highest BCUT2D eigenvalue weighted by Crippen LogP contribution is 2.45. The van der Waals surface area contributed by atoms with Gasteiger partial charge in [-0.2, -0.15) is 0 Å². The fourth-order valence-electron chi connectivity index (χ4n) is 3.93. The molecule has 0 radical (unpaired) electrons. The van der Waals surface area contributed by atoms with Gasteiger partial charge < -0.3 is 4.74 Å². The van der Waals surface area contributed by atoms with Crippen molar-refractivity contribution in [3.63, 3.8) is 0 Å². The molecule has 1 aliphatic rings. The van der Waals surface area contributed by atoms with Crippen LogP contribution in [0.5, 0.6) is 5.75 Å². The van der Waals surface area contributed by atoms with E-state index in [0.717, 1.165) is 12.2 Å². The lowest BCUT2D eigenvalue weighted by atomic mass is 9.79. The second-order valence-corrected chi connectivity index (χ2v) is 8.01. The van der Waals surface area contributed by atoms with Crippen LogP contribution in [-0.4, -0.2) is 6.61 Å². The quantitative estimate of drug-likeness (QED) is 0.340. The third-order valence-electron chi connectivity index (χ3n) is 5.71. The molecule has 0 fully saturated rings. The van der Waals surface area contributed by atoms with E-state index in [0.29, 0.717) is 23.3 Å². The standard InChI is InChI=1S/C27H32F2O/c1-2-3-4-5-6-7-10-21-30-25-18-14-23(15-19-25)27(29)20-9-8-11-26(27)22-12-16-24(28)17-13-22/h8-9,11-19H,2-7,10,20-21H2,1H3. The van der Waals surface area contributed by atoms with Gasteiger partial charge in [0.05, 0.1) is 6.61 Å². The first-order valence-corrected chi connectivity index (χ1v) is 11.2. The van der Waals surface area contributed by atoms with E-state index in [1.807, 2.05) is 24.3 Å². The van der Waals surface area contributed by atoms with Crippen LogP contribution in [0, 0.1) is 5.82 Å². The molecule has 30 heavy (non-hydrogen) atoms. The summed E-state index contributed by atoms with van der Waals surface area (Å²) < 4.78 is 35.2. The zero-order valence-corrected chi connectivity index (χ0v) is 17.9. The first-order chi connectivity index (χ1) is 14.6. The Morgan fingerprint density at radius 3 is 2.23 bits per heavy atom. The molecule has 0 saturated heterocycles. The molecule has 3 heteroatoms. The zero-order chi connectivity index (χ0) is 21.2. The van der Waals surface area contributed by atoms with Crippen molar-refractivity contribution >= 4 is 5.57 Å². The summed E-state index contributed by atoms with van der Waals surface area (Å²) in [5.74, 6) is 0.449. The van der Waals surface area contributed by atoms with Gasteiger partial charge in [-0.3, -0.25) is 0 Å². The van der Waals surface area contributed by atoms with Crippen molar-refractivity contribution < 1.29 is 13.5 Å². The average Bonchev–Trinajstić information content (AvgIpc) is 2.77.